The number of carbonyl (C=O) groups is 1. The Labute approximate surface area is 108 Å². The van der Waals surface area contributed by atoms with Crippen molar-refractivity contribution >= 4 is 5.97 Å². The van der Waals surface area contributed by atoms with Gasteiger partial charge in [-0.15, -0.1) is 0 Å². The molecular formula is C13H22N2O3. The Balaban J connectivity index is 2.31. The Bertz CT molecular complexity index is 397. The molecule has 1 heterocycles. The molecule has 0 unspecified atom stereocenters. The van der Waals surface area contributed by atoms with Crippen molar-refractivity contribution < 1.29 is 14.6 Å². The molecule has 0 radical (unpaired) electrons. The lowest BCUT2D eigenvalue weighted by Crippen LogP contribution is -2.24. The summed E-state index contributed by atoms with van der Waals surface area (Å²) in [5.74, 6) is -0.0352. The Kier molecular flexibility index (Phi) is 4.76. The quantitative estimate of drug-likeness (QED) is 0.760. The van der Waals surface area contributed by atoms with Crippen LogP contribution in [0.5, 0.6) is 5.75 Å². The lowest BCUT2D eigenvalue weighted by Gasteiger charge is -2.18. The van der Waals surface area contributed by atoms with Crippen molar-refractivity contribution in [3.05, 3.63) is 12.4 Å². The predicted octanol–water partition coefficient (Wildman–Crippen LogP) is 2.73. The van der Waals surface area contributed by atoms with E-state index in [9.17, 15) is 4.79 Å². The molecule has 1 aromatic heterocycles. The normalized spacial score (nSPS) is 11.8. The number of aromatic nitrogens is 2. The zero-order valence-corrected chi connectivity index (χ0v) is 11.5. The molecular weight excluding hydrogens is 232 g/mol. The largest absolute Gasteiger partial charge is 0.490 e. The summed E-state index contributed by atoms with van der Waals surface area (Å²) in [7, 11) is 0. The van der Waals surface area contributed by atoms with Crippen molar-refractivity contribution in [1.82, 2.24) is 9.78 Å². The summed E-state index contributed by atoms with van der Waals surface area (Å²) < 4.78 is 7.37. The second-order valence-corrected chi connectivity index (χ2v) is 5.39. The third-order valence-electron chi connectivity index (χ3n) is 2.90. The monoisotopic (exact) mass is 254 g/mol. The van der Waals surface area contributed by atoms with Gasteiger partial charge in [0, 0.05) is 6.04 Å². The van der Waals surface area contributed by atoms with E-state index in [0.717, 1.165) is 5.75 Å². The maximum absolute atomic E-state index is 10.9. The number of aliphatic carboxylic acids is 1. The van der Waals surface area contributed by atoms with E-state index in [2.05, 4.69) is 5.10 Å². The molecule has 5 nitrogen and oxygen atoms in total. The third kappa shape index (κ3) is 4.05. The van der Waals surface area contributed by atoms with Crippen LogP contribution in [0.2, 0.25) is 0 Å². The van der Waals surface area contributed by atoms with Gasteiger partial charge in [0.25, 0.3) is 0 Å². The van der Waals surface area contributed by atoms with E-state index in [-0.39, 0.29) is 0 Å². The smallest absolute Gasteiger partial charge is 0.309 e. The minimum Gasteiger partial charge on any atom is -0.490 e. The molecule has 0 aromatic carbocycles. The summed E-state index contributed by atoms with van der Waals surface area (Å²) in [5.41, 5.74) is -0.689. The molecule has 1 rings (SSSR count). The first-order chi connectivity index (χ1) is 8.33. The Hall–Kier alpha value is -1.52. The van der Waals surface area contributed by atoms with Crippen molar-refractivity contribution in [3.8, 4) is 5.75 Å². The zero-order valence-electron chi connectivity index (χ0n) is 11.5. The SMILES string of the molecule is CC(C)n1cc(OCCCC(C)(C)C(=O)O)cn1. The number of carboxylic acid groups (broad SMARTS) is 1. The van der Waals surface area contributed by atoms with Crippen molar-refractivity contribution in [2.45, 2.75) is 46.6 Å². The van der Waals surface area contributed by atoms with Crippen LogP contribution in [0.3, 0.4) is 0 Å². The van der Waals surface area contributed by atoms with Crippen LogP contribution in [0.4, 0.5) is 0 Å². The highest BCUT2D eigenvalue weighted by molar-refractivity contribution is 5.73. The van der Waals surface area contributed by atoms with Gasteiger partial charge in [0.05, 0.1) is 24.4 Å². The maximum atomic E-state index is 10.9. The average Bonchev–Trinajstić information content (AvgIpc) is 2.73. The third-order valence-corrected chi connectivity index (χ3v) is 2.90. The summed E-state index contributed by atoms with van der Waals surface area (Å²) in [6.45, 7) is 8.07. The summed E-state index contributed by atoms with van der Waals surface area (Å²) in [6, 6.07) is 0.313. The van der Waals surface area contributed by atoms with Gasteiger partial charge in [-0.3, -0.25) is 9.48 Å². The van der Waals surface area contributed by atoms with Gasteiger partial charge in [-0.25, -0.2) is 0 Å². The molecule has 0 fully saturated rings. The van der Waals surface area contributed by atoms with Gasteiger partial charge in [0.15, 0.2) is 5.75 Å². The van der Waals surface area contributed by atoms with Gasteiger partial charge >= 0.3 is 5.97 Å². The van der Waals surface area contributed by atoms with Crippen molar-refractivity contribution in [3.63, 3.8) is 0 Å². The van der Waals surface area contributed by atoms with Gasteiger partial charge < -0.3 is 9.84 Å². The first-order valence-electron chi connectivity index (χ1n) is 6.23. The van der Waals surface area contributed by atoms with Crippen LogP contribution in [0.25, 0.3) is 0 Å². The van der Waals surface area contributed by atoms with E-state index in [1.54, 1.807) is 20.0 Å². The van der Waals surface area contributed by atoms with E-state index < -0.39 is 11.4 Å². The molecule has 0 atom stereocenters. The molecule has 0 aliphatic heterocycles. The van der Waals surface area contributed by atoms with E-state index >= 15 is 0 Å². The van der Waals surface area contributed by atoms with E-state index in [0.29, 0.717) is 25.5 Å². The fraction of sp³-hybridized carbons (Fsp3) is 0.692. The number of hydrogen-bond acceptors (Lipinski definition) is 3. The Morgan fingerprint density at radius 1 is 1.56 bits per heavy atom. The summed E-state index contributed by atoms with van der Waals surface area (Å²) in [4.78, 5) is 10.9. The van der Waals surface area contributed by atoms with Crippen LogP contribution in [0, 0.1) is 5.41 Å². The number of carboxylic acids is 1. The summed E-state index contributed by atoms with van der Waals surface area (Å²) >= 11 is 0. The van der Waals surface area contributed by atoms with Crippen molar-refractivity contribution in [1.29, 1.82) is 0 Å². The fourth-order valence-electron chi connectivity index (χ4n) is 1.49. The molecule has 1 N–H and O–H groups in total. The predicted molar refractivity (Wildman–Crippen MR) is 68.8 cm³/mol. The zero-order chi connectivity index (χ0) is 13.8. The van der Waals surface area contributed by atoms with Gasteiger partial charge in [0.1, 0.15) is 0 Å². The van der Waals surface area contributed by atoms with Crippen LogP contribution in [0.15, 0.2) is 12.4 Å². The van der Waals surface area contributed by atoms with Gasteiger partial charge in [-0.05, 0) is 40.5 Å². The molecule has 1 aromatic rings. The minimum absolute atomic E-state index is 0.313. The van der Waals surface area contributed by atoms with Crippen LogP contribution in [-0.2, 0) is 4.79 Å². The van der Waals surface area contributed by atoms with Gasteiger partial charge in [0.2, 0.25) is 0 Å². The molecule has 18 heavy (non-hydrogen) atoms. The number of hydrogen-bond donors (Lipinski definition) is 1. The van der Waals surface area contributed by atoms with Gasteiger partial charge in [-0.1, -0.05) is 0 Å². The number of rotatable bonds is 7. The summed E-state index contributed by atoms with van der Waals surface area (Å²) in [6.07, 6.45) is 4.85. The van der Waals surface area contributed by atoms with E-state index in [4.69, 9.17) is 9.84 Å². The van der Waals surface area contributed by atoms with Crippen LogP contribution in [0.1, 0.15) is 46.6 Å². The molecule has 0 bridgehead atoms. The molecule has 0 saturated heterocycles. The highest BCUT2D eigenvalue weighted by atomic mass is 16.5. The van der Waals surface area contributed by atoms with Gasteiger partial charge in [-0.2, -0.15) is 5.10 Å². The van der Waals surface area contributed by atoms with Crippen LogP contribution >= 0.6 is 0 Å². The molecule has 0 amide bonds. The highest BCUT2D eigenvalue weighted by Crippen LogP contribution is 2.22. The Morgan fingerprint density at radius 3 is 2.72 bits per heavy atom. The van der Waals surface area contributed by atoms with E-state index in [1.807, 2.05) is 24.7 Å². The topological polar surface area (TPSA) is 64.3 Å². The van der Waals surface area contributed by atoms with Crippen molar-refractivity contribution in [2.24, 2.45) is 5.41 Å². The van der Waals surface area contributed by atoms with Crippen LogP contribution in [-0.4, -0.2) is 27.5 Å². The lowest BCUT2D eigenvalue weighted by atomic mass is 9.88. The highest BCUT2D eigenvalue weighted by Gasteiger charge is 2.26. The summed E-state index contributed by atoms with van der Waals surface area (Å²) in [5, 5.41) is 13.1. The molecule has 0 aliphatic carbocycles. The average molecular weight is 254 g/mol. The fourth-order valence-corrected chi connectivity index (χ4v) is 1.49. The maximum Gasteiger partial charge on any atom is 0.309 e. The first kappa shape index (κ1) is 14.5. The number of ether oxygens (including phenoxy) is 1. The van der Waals surface area contributed by atoms with Crippen LogP contribution < -0.4 is 4.74 Å². The second-order valence-electron chi connectivity index (χ2n) is 5.39. The Morgan fingerprint density at radius 2 is 2.22 bits per heavy atom. The van der Waals surface area contributed by atoms with E-state index in [1.165, 1.54) is 0 Å². The number of nitrogens with zero attached hydrogens (tertiary/aromatic N) is 2. The lowest BCUT2D eigenvalue weighted by molar-refractivity contribution is -0.147. The molecule has 102 valence electrons. The molecule has 0 spiro atoms. The minimum atomic E-state index is -0.768. The standard InChI is InChI=1S/C13H22N2O3/c1-10(2)15-9-11(8-14-15)18-7-5-6-13(3,4)12(16)17/h8-10H,5-7H2,1-4H3,(H,16,17). The molecule has 0 aliphatic rings. The first-order valence-corrected chi connectivity index (χ1v) is 6.23. The molecule has 0 saturated carbocycles. The second kappa shape index (κ2) is 5.89. The van der Waals surface area contributed by atoms with Crippen molar-refractivity contribution in [2.75, 3.05) is 6.61 Å². The molecule has 5 heteroatoms.